The Hall–Kier alpha value is -2.03. The molecule has 15 heteroatoms. The minimum atomic E-state index is -6.41. The predicted octanol–water partition coefficient (Wildman–Crippen LogP) is 5.28. The van der Waals surface area contributed by atoms with Crippen molar-refractivity contribution >= 4 is 33.4 Å². The SMILES string of the molecule is C[C@H](CCC(=O)OC(CS(=O)(=O)O)(C(F)(F)F)C(F)(F)F)C1CC[C@H]2C3C(=O)CC4CC(=O)CCC4(C)[C@H]3CC(=O)C12C. The van der Waals surface area contributed by atoms with Gasteiger partial charge in [-0.05, 0) is 60.7 Å². The number of alkyl halides is 6. The highest BCUT2D eigenvalue weighted by atomic mass is 32.2. The van der Waals surface area contributed by atoms with Crippen molar-refractivity contribution in [1.82, 2.24) is 0 Å². The second-order valence-corrected chi connectivity index (χ2v) is 14.9. The quantitative estimate of drug-likeness (QED) is 0.225. The molecule has 8 nitrogen and oxygen atoms in total. The maximum atomic E-state index is 13.8. The topological polar surface area (TPSA) is 132 Å². The number of carbonyl (C=O) groups excluding carboxylic acids is 4. The summed E-state index contributed by atoms with van der Waals surface area (Å²) in [5.41, 5.74) is -6.81. The highest BCUT2D eigenvalue weighted by Gasteiger charge is 2.76. The Bertz CT molecular complexity index is 1280. The highest BCUT2D eigenvalue weighted by molar-refractivity contribution is 7.85. The van der Waals surface area contributed by atoms with Crippen LogP contribution >= 0.6 is 0 Å². The van der Waals surface area contributed by atoms with Gasteiger partial charge in [0.05, 0.1) is 0 Å². The van der Waals surface area contributed by atoms with Crippen LogP contribution in [0.15, 0.2) is 0 Å². The molecule has 0 aromatic rings. The minimum Gasteiger partial charge on any atom is -0.438 e. The van der Waals surface area contributed by atoms with Gasteiger partial charge in [0.25, 0.3) is 10.1 Å². The van der Waals surface area contributed by atoms with Gasteiger partial charge in [0.1, 0.15) is 23.1 Å². The molecule has 4 fully saturated rings. The molecular weight excluding hydrogens is 610 g/mol. The van der Waals surface area contributed by atoms with Crippen molar-refractivity contribution in [3.05, 3.63) is 0 Å². The molecule has 0 aliphatic heterocycles. The Kier molecular flexibility index (Phi) is 8.50. The summed E-state index contributed by atoms with van der Waals surface area (Å²) in [6.07, 6.45) is -11.4. The Balaban J connectivity index is 1.51. The zero-order chi connectivity index (χ0) is 32.6. The number of hydrogen-bond donors (Lipinski definition) is 1. The van der Waals surface area contributed by atoms with Gasteiger partial charge in [0, 0.05) is 43.4 Å². The largest absolute Gasteiger partial charge is 0.438 e. The Morgan fingerprint density at radius 1 is 1.00 bits per heavy atom. The van der Waals surface area contributed by atoms with Gasteiger partial charge < -0.3 is 4.74 Å². The molecule has 0 bridgehead atoms. The van der Waals surface area contributed by atoms with Crippen LogP contribution in [0.5, 0.6) is 0 Å². The molecular formula is C28H36F6O8S. The van der Waals surface area contributed by atoms with Gasteiger partial charge in [0.15, 0.2) is 0 Å². The van der Waals surface area contributed by atoms with E-state index >= 15 is 0 Å². The summed E-state index contributed by atoms with van der Waals surface area (Å²) in [7, 11) is -5.89. The molecule has 4 aliphatic rings. The van der Waals surface area contributed by atoms with Crippen LogP contribution in [-0.4, -0.2) is 60.0 Å². The van der Waals surface area contributed by atoms with E-state index in [0.717, 1.165) is 0 Å². The first-order chi connectivity index (χ1) is 19.5. The first-order valence-corrected chi connectivity index (χ1v) is 16.0. The lowest BCUT2D eigenvalue weighted by molar-refractivity contribution is -0.361. The van der Waals surface area contributed by atoms with Crippen molar-refractivity contribution in [2.24, 2.45) is 46.3 Å². The lowest BCUT2D eigenvalue weighted by atomic mass is 9.44. The van der Waals surface area contributed by atoms with Crippen molar-refractivity contribution in [2.45, 2.75) is 96.5 Å². The van der Waals surface area contributed by atoms with E-state index < -0.39 is 69.4 Å². The fraction of sp³-hybridized carbons (Fsp3) is 0.857. The van der Waals surface area contributed by atoms with Crippen LogP contribution in [0.4, 0.5) is 26.3 Å². The monoisotopic (exact) mass is 646 g/mol. The van der Waals surface area contributed by atoms with Crippen molar-refractivity contribution in [2.75, 3.05) is 5.75 Å². The first-order valence-electron chi connectivity index (χ1n) is 14.4. The summed E-state index contributed by atoms with van der Waals surface area (Å²) in [5.74, 6) is -6.91. The third kappa shape index (κ3) is 5.65. The summed E-state index contributed by atoms with van der Waals surface area (Å²) in [5, 5.41) is 0. The maximum absolute atomic E-state index is 13.8. The molecule has 43 heavy (non-hydrogen) atoms. The second-order valence-electron chi connectivity index (χ2n) is 13.5. The smallest absolute Gasteiger partial charge is 0.438 e. The molecule has 0 spiro atoms. The van der Waals surface area contributed by atoms with Crippen LogP contribution in [0, 0.1) is 46.3 Å². The van der Waals surface area contributed by atoms with E-state index in [4.69, 9.17) is 4.55 Å². The van der Waals surface area contributed by atoms with Gasteiger partial charge in [-0.15, -0.1) is 0 Å². The van der Waals surface area contributed by atoms with Crippen LogP contribution in [-0.2, 0) is 34.0 Å². The van der Waals surface area contributed by atoms with Gasteiger partial charge in [-0.25, -0.2) is 0 Å². The number of carbonyl (C=O) groups is 4. The number of Topliss-reactive ketones (excluding diaryl/α,β-unsaturated/α-hetero) is 3. The van der Waals surface area contributed by atoms with Gasteiger partial charge in [-0.2, -0.15) is 34.8 Å². The Morgan fingerprint density at radius 3 is 2.16 bits per heavy atom. The summed E-state index contributed by atoms with van der Waals surface area (Å²) in [4.78, 5) is 51.8. The van der Waals surface area contributed by atoms with Crippen molar-refractivity contribution in [1.29, 1.82) is 0 Å². The van der Waals surface area contributed by atoms with Crippen LogP contribution in [0.2, 0.25) is 0 Å². The summed E-state index contributed by atoms with van der Waals surface area (Å²) < 4.78 is 116. The van der Waals surface area contributed by atoms with Crippen LogP contribution in [0.25, 0.3) is 0 Å². The molecule has 0 radical (unpaired) electrons. The molecule has 0 saturated heterocycles. The number of ether oxygens (including phenoxy) is 1. The van der Waals surface area contributed by atoms with E-state index in [2.05, 4.69) is 11.7 Å². The van der Waals surface area contributed by atoms with E-state index in [-0.39, 0.29) is 59.8 Å². The van der Waals surface area contributed by atoms with Crippen molar-refractivity contribution in [3.63, 3.8) is 0 Å². The molecule has 0 aromatic carbocycles. The lowest BCUT2D eigenvalue weighted by Crippen LogP contribution is -2.63. The number of ketones is 3. The molecule has 1 N–H and O–H groups in total. The Morgan fingerprint density at radius 2 is 1.60 bits per heavy atom. The number of esters is 1. The molecule has 0 aromatic heterocycles. The van der Waals surface area contributed by atoms with E-state index in [1.165, 1.54) is 0 Å². The van der Waals surface area contributed by atoms with E-state index in [1.807, 2.05) is 0 Å². The lowest BCUT2D eigenvalue weighted by Gasteiger charge is -2.58. The Labute approximate surface area is 245 Å². The van der Waals surface area contributed by atoms with Gasteiger partial charge in [-0.3, -0.25) is 23.7 Å². The average molecular weight is 647 g/mol. The predicted molar refractivity (Wildman–Crippen MR) is 137 cm³/mol. The molecule has 0 heterocycles. The van der Waals surface area contributed by atoms with Gasteiger partial charge in [0.2, 0.25) is 0 Å². The molecule has 244 valence electrons. The molecule has 4 aliphatic carbocycles. The van der Waals surface area contributed by atoms with E-state index in [1.54, 1.807) is 13.8 Å². The molecule has 5 unspecified atom stereocenters. The van der Waals surface area contributed by atoms with Crippen molar-refractivity contribution in [3.8, 4) is 0 Å². The highest BCUT2D eigenvalue weighted by Crippen LogP contribution is 2.66. The van der Waals surface area contributed by atoms with Gasteiger partial charge in [-0.1, -0.05) is 20.8 Å². The van der Waals surface area contributed by atoms with Gasteiger partial charge >= 0.3 is 23.9 Å². The summed E-state index contributed by atoms with van der Waals surface area (Å²) in [6.45, 7) is 5.42. The minimum absolute atomic E-state index is 0.0113. The zero-order valence-corrected chi connectivity index (χ0v) is 24.8. The maximum Gasteiger partial charge on any atom is 0.438 e. The average Bonchev–Trinajstić information content (AvgIpc) is 3.20. The van der Waals surface area contributed by atoms with E-state index in [9.17, 15) is 53.9 Å². The number of fused-ring (bicyclic) bond motifs is 5. The normalized spacial score (nSPS) is 36.0. The van der Waals surface area contributed by atoms with Crippen LogP contribution in [0.1, 0.15) is 78.6 Å². The molecule has 4 saturated carbocycles. The van der Waals surface area contributed by atoms with Crippen LogP contribution in [0.3, 0.4) is 0 Å². The zero-order valence-electron chi connectivity index (χ0n) is 24.0. The fourth-order valence-corrected chi connectivity index (χ4v) is 9.81. The third-order valence-electron chi connectivity index (χ3n) is 11.3. The fourth-order valence-electron chi connectivity index (χ4n) is 8.91. The number of hydrogen-bond acceptors (Lipinski definition) is 7. The molecule has 0 amide bonds. The third-order valence-corrected chi connectivity index (χ3v) is 12.1. The standard InChI is InChI=1S/C28H36F6O8S/c1-14(4-7-22(38)42-26(27(29,30)31,28(32,33)34)13-43(39,40)41)17-5-6-18-23-19(12-21(37)25(17,18)3)24(2)9-8-16(35)10-15(24)11-20(23)36/h14-15,17-19,23H,4-13H2,1-3H3,(H,39,40,41)/t14-,15?,17?,18+,19+,23?,24?,25?/m1/s1. The van der Waals surface area contributed by atoms with Crippen molar-refractivity contribution < 1.29 is 63.2 Å². The number of halogens is 6. The van der Waals surface area contributed by atoms with Crippen LogP contribution < -0.4 is 0 Å². The van der Waals surface area contributed by atoms with E-state index in [0.29, 0.717) is 32.1 Å². The summed E-state index contributed by atoms with van der Waals surface area (Å²) >= 11 is 0. The second kappa shape index (κ2) is 10.8. The first kappa shape index (κ1) is 33.9. The summed E-state index contributed by atoms with van der Waals surface area (Å²) in [6, 6.07) is 0. The number of rotatable bonds is 7. The molecule has 4 rings (SSSR count). The molecule has 8 atom stereocenters.